The standard InChI is InChI=1S/C53H47O2/c1-38-32-44(52-48(34-38)46(40-22-14-8-15-23-40)36-50(54-52)42-26-18-10-19-27-42)30-12-6-4-3-5-7-13-31-45-33-39(2)35-49-47(41-24-16-9-17-25-41)37-51(55-53(45)49)43-28-20-11-21-29-43/h3-31,36-39H,32-35H2,1-2H3/q+1. The molecular weight excluding hydrogens is 669 g/mol. The molecule has 5 aromatic rings. The van der Waals surface area contributed by atoms with Crippen molar-refractivity contribution < 1.29 is 9.15 Å². The van der Waals surface area contributed by atoms with Crippen LogP contribution in [0, 0.1) is 11.8 Å². The fraction of sp³-hybridized carbons (Fsp3) is 0.151. The van der Waals surface area contributed by atoms with Crippen molar-refractivity contribution >= 4 is 16.9 Å². The predicted octanol–water partition coefficient (Wildman–Crippen LogP) is 14.3. The van der Waals surface area contributed by atoms with Crippen molar-refractivity contribution in [1.82, 2.24) is 0 Å². The highest BCUT2D eigenvalue weighted by atomic mass is 16.5. The molecule has 0 saturated carbocycles. The Labute approximate surface area is 326 Å². The Morgan fingerprint density at radius 1 is 0.564 bits per heavy atom. The Kier molecular flexibility index (Phi) is 10.9. The Balaban J connectivity index is 1.02. The number of fused-ring (bicyclic) bond motifs is 2. The first kappa shape index (κ1) is 35.8. The van der Waals surface area contributed by atoms with Crippen LogP contribution in [-0.4, -0.2) is 0 Å². The summed E-state index contributed by atoms with van der Waals surface area (Å²) in [6.07, 6.45) is 25.4. The quantitative estimate of drug-likeness (QED) is 0.112. The molecule has 2 aliphatic carbocycles. The maximum Gasteiger partial charge on any atom is 0.361 e. The van der Waals surface area contributed by atoms with Crippen molar-refractivity contribution in [2.45, 2.75) is 39.5 Å². The van der Waals surface area contributed by atoms with Gasteiger partial charge in [-0.15, -0.1) is 0 Å². The zero-order chi connectivity index (χ0) is 37.4. The summed E-state index contributed by atoms with van der Waals surface area (Å²) in [5.74, 6) is 4.85. The molecule has 1 aliphatic heterocycles. The van der Waals surface area contributed by atoms with Crippen LogP contribution < -0.4 is 0 Å². The molecule has 1 aromatic heterocycles. The van der Waals surface area contributed by atoms with E-state index in [9.17, 15) is 0 Å². The van der Waals surface area contributed by atoms with Crippen LogP contribution in [-0.2, 0) is 11.2 Å². The van der Waals surface area contributed by atoms with Crippen molar-refractivity contribution in [1.29, 1.82) is 0 Å². The number of allylic oxidation sites excluding steroid dienone is 14. The van der Waals surface area contributed by atoms with Gasteiger partial charge in [-0.25, -0.2) is 4.42 Å². The second-order valence-electron chi connectivity index (χ2n) is 14.9. The highest BCUT2D eigenvalue weighted by molar-refractivity contribution is 5.88. The van der Waals surface area contributed by atoms with Crippen molar-refractivity contribution in [3.8, 4) is 22.5 Å². The van der Waals surface area contributed by atoms with Gasteiger partial charge in [-0.1, -0.05) is 172 Å². The van der Waals surface area contributed by atoms with Crippen LogP contribution >= 0.6 is 0 Å². The molecule has 2 atom stereocenters. The Morgan fingerprint density at radius 2 is 1.13 bits per heavy atom. The molecule has 0 bridgehead atoms. The van der Waals surface area contributed by atoms with Crippen molar-refractivity contribution in [3.63, 3.8) is 0 Å². The van der Waals surface area contributed by atoms with E-state index < -0.39 is 0 Å². The Morgan fingerprint density at radius 3 is 1.80 bits per heavy atom. The molecule has 0 saturated heterocycles. The highest BCUT2D eigenvalue weighted by Gasteiger charge is 2.34. The van der Waals surface area contributed by atoms with E-state index in [0.717, 1.165) is 59.8 Å². The molecule has 2 nitrogen and oxygen atoms in total. The summed E-state index contributed by atoms with van der Waals surface area (Å²) in [5, 5.41) is 0. The second kappa shape index (κ2) is 16.8. The fourth-order valence-electron chi connectivity index (χ4n) is 7.98. The van der Waals surface area contributed by atoms with Gasteiger partial charge in [0, 0.05) is 16.7 Å². The highest BCUT2D eigenvalue weighted by Crippen LogP contribution is 2.46. The smallest absolute Gasteiger partial charge is 0.361 e. The summed E-state index contributed by atoms with van der Waals surface area (Å²) >= 11 is 0. The molecular formula is C53H47O2+. The first-order chi connectivity index (χ1) is 27.1. The number of rotatable bonds is 9. The maximum absolute atomic E-state index is 6.72. The molecule has 2 heteroatoms. The van der Waals surface area contributed by atoms with E-state index in [2.05, 4.69) is 190 Å². The monoisotopic (exact) mass is 715 g/mol. The molecule has 3 aliphatic rings. The van der Waals surface area contributed by atoms with E-state index >= 15 is 0 Å². The topological polar surface area (TPSA) is 20.5 Å². The van der Waals surface area contributed by atoms with Gasteiger partial charge in [0.25, 0.3) is 0 Å². The molecule has 0 amide bonds. The van der Waals surface area contributed by atoms with Crippen LogP contribution in [0.1, 0.15) is 55.6 Å². The normalized spacial score (nSPS) is 19.4. The Hall–Kier alpha value is -6.25. The number of hydrogen-bond acceptors (Lipinski definition) is 1. The van der Waals surface area contributed by atoms with Gasteiger partial charge < -0.3 is 4.74 Å². The largest absolute Gasteiger partial charge is 0.456 e. The second-order valence-corrected chi connectivity index (χ2v) is 14.9. The van der Waals surface area contributed by atoms with Gasteiger partial charge in [0.1, 0.15) is 11.5 Å². The fourth-order valence-corrected chi connectivity index (χ4v) is 7.98. The van der Waals surface area contributed by atoms with Crippen molar-refractivity contribution in [2.24, 2.45) is 11.8 Å². The van der Waals surface area contributed by atoms with E-state index in [1.54, 1.807) is 0 Å². The third-order valence-corrected chi connectivity index (χ3v) is 10.5. The van der Waals surface area contributed by atoms with Gasteiger partial charge in [-0.05, 0) is 84.1 Å². The number of benzene rings is 4. The number of ether oxygens (including phenoxy) is 1. The van der Waals surface area contributed by atoms with Gasteiger partial charge >= 0.3 is 11.5 Å². The molecule has 2 heterocycles. The SMILES string of the molecule is CC1CC(/C=C/C=C/C=C/C=C/C=C2/CC(C)Cc3c(-c4ccccc4)cc(-c4ccccc4)[o+]c32)=C2OC(c3ccccc3)=CC(c3ccccc3)=C2C1. The summed E-state index contributed by atoms with van der Waals surface area (Å²) in [6, 6.07) is 44.5. The molecule has 2 unspecified atom stereocenters. The summed E-state index contributed by atoms with van der Waals surface area (Å²) in [4.78, 5) is 0. The molecule has 4 aromatic carbocycles. The van der Waals surface area contributed by atoms with Crippen LogP contribution in [0.5, 0.6) is 0 Å². The van der Waals surface area contributed by atoms with E-state index in [1.165, 1.54) is 44.5 Å². The molecule has 0 N–H and O–H groups in total. The van der Waals surface area contributed by atoms with Crippen LogP contribution in [0.25, 0.3) is 39.4 Å². The van der Waals surface area contributed by atoms with Crippen LogP contribution in [0.2, 0.25) is 0 Å². The molecule has 0 radical (unpaired) electrons. The first-order valence-electron chi connectivity index (χ1n) is 19.6. The third-order valence-electron chi connectivity index (χ3n) is 10.5. The van der Waals surface area contributed by atoms with Gasteiger partial charge in [0.2, 0.25) is 0 Å². The lowest BCUT2D eigenvalue weighted by atomic mass is 9.80. The lowest BCUT2D eigenvalue weighted by Crippen LogP contribution is -2.16. The van der Waals surface area contributed by atoms with Gasteiger partial charge in [-0.3, -0.25) is 0 Å². The average molecular weight is 716 g/mol. The summed E-state index contributed by atoms with van der Waals surface area (Å²) in [7, 11) is 0. The molecule has 0 spiro atoms. The summed E-state index contributed by atoms with van der Waals surface area (Å²) < 4.78 is 13.4. The van der Waals surface area contributed by atoms with Crippen LogP contribution in [0.4, 0.5) is 0 Å². The third kappa shape index (κ3) is 8.30. The van der Waals surface area contributed by atoms with Gasteiger partial charge in [-0.2, -0.15) is 0 Å². The number of hydrogen-bond donors (Lipinski definition) is 0. The maximum atomic E-state index is 6.72. The van der Waals surface area contributed by atoms with E-state index in [0.29, 0.717) is 11.8 Å². The minimum absolute atomic E-state index is 0.525. The first-order valence-corrected chi connectivity index (χ1v) is 19.6. The van der Waals surface area contributed by atoms with E-state index in [-0.39, 0.29) is 0 Å². The summed E-state index contributed by atoms with van der Waals surface area (Å²) in [6.45, 7) is 4.67. The minimum Gasteiger partial charge on any atom is -0.456 e. The lowest BCUT2D eigenvalue weighted by molar-refractivity contribution is 0.358. The lowest BCUT2D eigenvalue weighted by Gasteiger charge is -2.32. The van der Waals surface area contributed by atoms with Gasteiger partial charge in [0.05, 0.1) is 22.8 Å². The van der Waals surface area contributed by atoms with Crippen molar-refractivity contribution in [3.05, 3.63) is 228 Å². The minimum atomic E-state index is 0.525. The predicted molar refractivity (Wildman–Crippen MR) is 230 cm³/mol. The Bertz CT molecular complexity index is 2380. The summed E-state index contributed by atoms with van der Waals surface area (Å²) in [5.41, 5.74) is 12.2. The van der Waals surface area contributed by atoms with Crippen molar-refractivity contribution in [2.75, 3.05) is 0 Å². The average Bonchev–Trinajstić information content (AvgIpc) is 3.23. The molecule has 0 fully saturated rings. The zero-order valence-electron chi connectivity index (χ0n) is 31.7. The van der Waals surface area contributed by atoms with Gasteiger partial charge in [0.15, 0.2) is 0 Å². The van der Waals surface area contributed by atoms with E-state index in [1.807, 2.05) is 12.1 Å². The van der Waals surface area contributed by atoms with Crippen LogP contribution in [0.15, 0.2) is 209 Å². The molecule has 8 rings (SSSR count). The van der Waals surface area contributed by atoms with E-state index in [4.69, 9.17) is 9.15 Å². The van der Waals surface area contributed by atoms with Crippen LogP contribution in [0.3, 0.4) is 0 Å². The molecule has 55 heavy (non-hydrogen) atoms. The zero-order valence-corrected chi connectivity index (χ0v) is 31.7. The molecule has 270 valence electrons.